The van der Waals surface area contributed by atoms with Crippen LogP contribution in [0, 0.1) is 11.3 Å². The summed E-state index contributed by atoms with van der Waals surface area (Å²) in [6, 6.07) is 3.02. The maximum absolute atomic E-state index is 13.4. The van der Waals surface area contributed by atoms with Crippen molar-refractivity contribution in [3.8, 4) is 6.07 Å². The molecule has 0 aliphatic carbocycles. The molecule has 0 spiro atoms. The van der Waals surface area contributed by atoms with Crippen LogP contribution in [-0.4, -0.2) is 56.1 Å². The minimum atomic E-state index is -4.61. The van der Waals surface area contributed by atoms with Gasteiger partial charge in [0.15, 0.2) is 5.69 Å². The third-order valence-electron chi connectivity index (χ3n) is 4.14. The number of hydrogen-bond acceptors (Lipinski definition) is 8. The Kier molecular flexibility index (Phi) is 6.87. The fourth-order valence-electron chi connectivity index (χ4n) is 2.70. The van der Waals surface area contributed by atoms with E-state index in [1.807, 2.05) is 6.07 Å². The standard InChI is InChI=1S/C17H15F3IN7O2/c18-17(19,20)12-7-26-14(27-15-8-23-10(4-22)5-25-15)3-13(12)24-6-11-9-28(16(21)29)1-2-30-11/h3,5,7-8,11H,1-2,6,9H2,(H2,24,25,26,27)/t11-/m0/s1. The Hall–Kier alpha value is -2.73. The van der Waals surface area contributed by atoms with Crippen LogP contribution in [0.25, 0.3) is 0 Å². The van der Waals surface area contributed by atoms with Crippen molar-refractivity contribution < 1.29 is 22.7 Å². The molecule has 1 atom stereocenters. The highest BCUT2D eigenvalue weighted by Gasteiger charge is 2.34. The highest BCUT2D eigenvalue weighted by atomic mass is 127. The molecule has 2 N–H and O–H groups in total. The van der Waals surface area contributed by atoms with E-state index in [2.05, 4.69) is 25.6 Å². The van der Waals surface area contributed by atoms with Crippen molar-refractivity contribution in [1.82, 2.24) is 19.9 Å². The summed E-state index contributed by atoms with van der Waals surface area (Å²) in [4.78, 5) is 24.6. The molecule has 0 aromatic carbocycles. The average molecular weight is 533 g/mol. The summed E-state index contributed by atoms with van der Waals surface area (Å²) in [6.07, 6.45) is -1.85. The molecular weight excluding hydrogens is 518 g/mol. The van der Waals surface area contributed by atoms with Crippen molar-refractivity contribution in [2.45, 2.75) is 12.3 Å². The summed E-state index contributed by atoms with van der Waals surface area (Å²) < 4.78 is 45.5. The van der Waals surface area contributed by atoms with Crippen LogP contribution < -0.4 is 10.6 Å². The van der Waals surface area contributed by atoms with E-state index in [1.54, 1.807) is 27.5 Å². The molecule has 0 bridgehead atoms. The van der Waals surface area contributed by atoms with Crippen LogP contribution in [0.1, 0.15) is 11.3 Å². The number of nitrogens with one attached hydrogen (secondary N) is 2. The SMILES string of the molecule is N#Cc1cnc(Nc2cc(NC[C@H]3CN(C(=O)I)CCO3)c(C(F)(F)F)cn2)cn1. The van der Waals surface area contributed by atoms with Crippen molar-refractivity contribution in [3.63, 3.8) is 0 Å². The number of nitrogens with zero attached hydrogens (tertiary/aromatic N) is 5. The number of aromatic nitrogens is 3. The molecule has 3 rings (SSSR count). The molecular formula is C17H15F3IN7O2. The highest BCUT2D eigenvalue weighted by molar-refractivity contribution is 14.1. The quantitative estimate of drug-likeness (QED) is 0.342. The second-order valence-electron chi connectivity index (χ2n) is 6.21. The molecule has 1 fully saturated rings. The number of hydrogen-bond donors (Lipinski definition) is 2. The first kappa shape index (κ1) is 22.0. The summed E-state index contributed by atoms with van der Waals surface area (Å²) in [6.45, 7) is 1.12. The molecule has 2 aromatic rings. The largest absolute Gasteiger partial charge is 0.419 e. The third kappa shape index (κ3) is 5.66. The van der Waals surface area contributed by atoms with E-state index in [1.165, 1.54) is 18.5 Å². The minimum absolute atomic E-state index is 0.0730. The van der Waals surface area contributed by atoms with Crippen LogP contribution in [0.5, 0.6) is 0 Å². The van der Waals surface area contributed by atoms with Crippen molar-refractivity contribution in [1.29, 1.82) is 5.26 Å². The van der Waals surface area contributed by atoms with Gasteiger partial charge in [0.25, 0.3) is 3.91 Å². The molecule has 1 aliphatic rings. The maximum atomic E-state index is 13.4. The number of rotatable bonds is 5. The number of anilines is 3. The van der Waals surface area contributed by atoms with Crippen LogP contribution in [-0.2, 0) is 10.9 Å². The maximum Gasteiger partial charge on any atom is 0.419 e. The van der Waals surface area contributed by atoms with Gasteiger partial charge >= 0.3 is 6.18 Å². The summed E-state index contributed by atoms with van der Waals surface area (Å²) in [5.74, 6) is 0.331. The normalized spacial score (nSPS) is 16.6. The Morgan fingerprint density at radius 3 is 2.70 bits per heavy atom. The van der Waals surface area contributed by atoms with Gasteiger partial charge in [-0.15, -0.1) is 0 Å². The Balaban J connectivity index is 1.76. The lowest BCUT2D eigenvalue weighted by molar-refractivity contribution is -0.137. The molecule has 2 aromatic heterocycles. The van der Waals surface area contributed by atoms with E-state index >= 15 is 0 Å². The summed E-state index contributed by atoms with van der Waals surface area (Å²) in [7, 11) is 0. The van der Waals surface area contributed by atoms with Gasteiger partial charge in [-0.25, -0.2) is 15.0 Å². The molecule has 1 saturated heterocycles. The van der Waals surface area contributed by atoms with Crippen LogP contribution in [0.3, 0.4) is 0 Å². The van der Waals surface area contributed by atoms with Gasteiger partial charge < -0.3 is 20.3 Å². The number of carbonyl (C=O) groups excluding carboxylic acids is 1. The number of ether oxygens (including phenoxy) is 1. The van der Waals surface area contributed by atoms with Gasteiger partial charge in [-0.05, 0) is 0 Å². The Labute approximate surface area is 182 Å². The summed E-state index contributed by atoms with van der Waals surface area (Å²) in [5, 5.41) is 14.2. The molecule has 0 radical (unpaired) electrons. The van der Waals surface area contributed by atoms with Crippen LogP contribution in [0.4, 0.5) is 35.3 Å². The zero-order valence-corrected chi connectivity index (χ0v) is 17.4. The first-order valence-electron chi connectivity index (χ1n) is 8.62. The lowest BCUT2D eigenvalue weighted by atomic mass is 10.2. The lowest BCUT2D eigenvalue weighted by Crippen LogP contribution is -2.46. The molecule has 0 unspecified atom stereocenters. The number of halogens is 4. The van der Waals surface area contributed by atoms with Gasteiger partial charge in [0.05, 0.1) is 36.4 Å². The van der Waals surface area contributed by atoms with Gasteiger partial charge in [-0.1, -0.05) is 0 Å². The third-order valence-corrected chi connectivity index (χ3v) is 4.82. The molecule has 9 nitrogen and oxygen atoms in total. The van der Waals surface area contributed by atoms with Crippen molar-refractivity contribution >= 4 is 43.8 Å². The van der Waals surface area contributed by atoms with E-state index in [0.717, 1.165) is 0 Å². The van der Waals surface area contributed by atoms with Crippen LogP contribution in [0.15, 0.2) is 24.7 Å². The Morgan fingerprint density at radius 2 is 2.07 bits per heavy atom. The van der Waals surface area contributed by atoms with Crippen molar-refractivity contribution in [2.75, 3.05) is 36.9 Å². The van der Waals surface area contributed by atoms with E-state index in [-0.39, 0.29) is 40.0 Å². The average Bonchev–Trinajstić information content (AvgIpc) is 2.72. The fraction of sp³-hybridized carbons (Fsp3) is 0.353. The number of morpholine rings is 1. The lowest BCUT2D eigenvalue weighted by Gasteiger charge is -2.32. The molecule has 158 valence electrons. The molecule has 0 saturated carbocycles. The van der Waals surface area contributed by atoms with Crippen LogP contribution >= 0.6 is 22.6 Å². The van der Waals surface area contributed by atoms with Gasteiger partial charge in [0.2, 0.25) is 0 Å². The van der Waals surface area contributed by atoms with Gasteiger partial charge in [-0.3, -0.25) is 4.79 Å². The number of nitriles is 1. The fourth-order valence-corrected chi connectivity index (χ4v) is 3.14. The number of carbonyl (C=O) groups is 1. The zero-order valence-electron chi connectivity index (χ0n) is 15.3. The zero-order chi connectivity index (χ0) is 21.7. The molecule has 13 heteroatoms. The molecule has 30 heavy (non-hydrogen) atoms. The molecule has 3 heterocycles. The van der Waals surface area contributed by atoms with E-state index < -0.39 is 17.8 Å². The van der Waals surface area contributed by atoms with E-state index in [9.17, 15) is 18.0 Å². The second kappa shape index (κ2) is 9.39. The topological polar surface area (TPSA) is 116 Å². The Morgan fingerprint density at radius 1 is 1.30 bits per heavy atom. The predicted octanol–water partition coefficient (Wildman–Crippen LogP) is 3.17. The number of pyridine rings is 1. The van der Waals surface area contributed by atoms with Gasteiger partial charge in [-0.2, -0.15) is 18.4 Å². The number of amides is 1. The van der Waals surface area contributed by atoms with Crippen molar-refractivity contribution in [2.24, 2.45) is 0 Å². The van der Waals surface area contributed by atoms with E-state index in [0.29, 0.717) is 19.3 Å². The molecule has 1 aliphatic heterocycles. The van der Waals surface area contributed by atoms with E-state index in [4.69, 9.17) is 10.00 Å². The summed E-state index contributed by atoms with van der Waals surface area (Å²) >= 11 is 1.66. The summed E-state index contributed by atoms with van der Waals surface area (Å²) in [5.41, 5.74) is -1.02. The first-order chi connectivity index (χ1) is 14.3. The molecule has 1 amide bonds. The second-order valence-corrected chi connectivity index (χ2v) is 7.13. The monoisotopic (exact) mass is 533 g/mol. The predicted molar refractivity (Wildman–Crippen MR) is 108 cm³/mol. The van der Waals surface area contributed by atoms with Gasteiger partial charge in [0.1, 0.15) is 17.7 Å². The smallest absolute Gasteiger partial charge is 0.382 e. The number of alkyl halides is 3. The minimum Gasteiger partial charge on any atom is -0.382 e. The first-order valence-corrected chi connectivity index (χ1v) is 9.70. The van der Waals surface area contributed by atoms with Crippen LogP contribution in [0.2, 0.25) is 0 Å². The Bertz CT molecular complexity index is 950. The van der Waals surface area contributed by atoms with Crippen molar-refractivity contribution in [3.05, 3.63) is 35.9 Å². The highest BCUT2D eigenvalue weighted by Crippen LogP contribution is 2.35. The van der Waals surface area contributed by atoms with Gasteiger partial charge in [0, 0.05) is 54.5 Å².